The number of nitrogens with one attached hydrogen (secondary N) is 2. The Morgan fingerprint density at radius 2 is 2.03 bits per heavy atom. The van der Waals surface area contributed by atoms with E-state index in [1.165, 1.54) is 28.1 Å². The van der Waals surface area contributed by atoms with E-state index in [-0.39, 0.29) is 23.7 Å². The third-order valence-electron chi connectivity index (χ3n) is 6.44. The van der Waals surface area contributed by atoms with Gasteiger partial charge in [0.1, 0.15) is 6.33 Å². The average molecular weight is 455 g/mol. The van der Waals surface area contributed by atoms with Gasteiger partial charge in [-0.1, -0.05) is 20.8 Å². The second kappa shape index (κ2) is 8.61. The fraction of sp³-hybridized carbons (Fsp3) is 0.522. The van der Waals surface area contributed by atoms with E-state index in [9.17, 15) is 9.59 Å². The summed E-state index contributed by atoms with van der Waals surface area (Å²) in [6.07, 6.45) is 5.39. The van der Waals surface area contributed by atoms with E-state index >= 15 is 0 Å². The molecule has 0 bridgehead atoms. The molecule has 2 N–H and O–H groups in total. The highest BCUT2D eigenvalue weighted by Crippen LogP contribution is 2.40. The van der Waals surface area contributed by atoms with Gasteiger partial charge in [-0.05, 0) is 68.1 Å². The Bertz CT molecular complexity index is 1170. The molecule has 0 radical (unpaired) electrons. The molecule has 9 heteroatoms. The average Bonchev–Trinajstić information content (AvgIpc) is 3.37. The van der Waals surface area contributed by atoms with E-state index in [0.29, 0.717) is 23.0 Å². The van der Waals surface area contributed by atoms with Crippen LogP contribution in [0.1, 0.15) is 70.7 Å². The smallest absolute Gasteiger partial charge is 0.273 e. The molecule has 8 nitrogen and oxygen atoms in total. The lowest BCUT2D eigenvalue weighted by Gasteiger charge is -2.33. The summed E-state index contributed by atoms with van der Waals surface area (Å²) in [6.45, 7) is 10.7. The van der Waals surface area contributed by atoms with Gasteiger partial charge in [0.15, 0.2) is 0 Å². The van der Waals surface area contributed by atoms with E-state index in [1.54, 1.807) is 4.52 Å². The summed E-state index contributed by atoms with van der Waals surface area (Å²) in [6, 6.07) is 1.99. The number of rotatable bonds is 4. The summed E-state index contributed by atoms with van der Waals surface area (Å²) < 4.78 is 1.67. The molecule has 1 unspecified atom stereocenters. The number of aryl methyl sites for hydroxylation is 3. The molecular formula is C23H30N6O2S. The van der Waals surface area contributed by atoms with Crippen LogP contribution in [-0.4, -0.2) is 31.4 Å². The molecule has 2 amide bonds. The van der Waals surface area contributed by atoms with Crippen LogP contribution in [0.5, 0.6) is 0 Å². The Kier molecular flexibility index (Phi) is 6.03. The van der Waals surface area contributed by atoms with Crippen molar-refractivity contribution in [2.24, 2.45) is 11.3 Å². The minimum atomic E-state index is -0.261. The molecule has 32 heavy (non-hydrogen) atoms. The van der Waals surface area contributed by atoms with Gasteiger partial charge in [0.2, 0.25) is 5.91 Å². The lowest BCUT2D eigenvalue weighted by molar-refractivity contribution is -0.121. The lowest BCUT2D eigenvalue weighted by atomic mass is 9.72. The van der Waals surface area contributed by atoms with Crippen LogP contribution in [0.25, 0.3) is 5.78 Å². The number of carbonyl (C=O) groups excluding carboxylic acids is 2. The fourth-order valence-electron chi connectivity index (χ4n) is 4.38. The largest absolute Gasteiger partial charge is 0.279 e. The Hall–Kier alpha value is -2.81. The molecule has 0 fully saturated rings. The third kappa shape index (κ3) is 4.53. The van der Waals surface area contributed by atoms with E-state index in [1.807, 2.05) is 19.9 Å². The first kappa shape index (κ1) is 22.4. The molecule has 1 atom stereocenters. The van der Waals surface area contributed by atoms with Crippen LogP contribution >= 0.6 is 11.3 Å². The van der Waals surface area contributed by atoms with Crippen LogP contribution in [0.4, 0.5) is 0 Å². The van der Waals surface area contributed by atoms with Gasteiger partial charge in [-0.25, -0.2) is 9.50 Å². The highest BCUT2D eigenvalue weighted by Gasteiger charge is 2.30. The SMILES string of the molecule is Cc1nc2ncnn2c(C)c1CCC(=O)NNC(=O)c1cc2c(s1)CCC(C(C)(C)C)C2. The van der Waals surface area contributed by atoms with Crippen LogP contribution < -0.4 is 10.9 Å². The highest BCUT2D eigenvalue weighted by atomic mass is 32.1. The molecule has 3 heterocycles. The molecule has 0 saturated carbocycles. The molecule has 4 rings (SSSR count). The molecule has 3 aromatic rings. The van der Waals surface area contributed by atoms with Crippen molar-refractivity contribution in [3.05, 3.63) is 44.7 Å². The lowest BCUT2D eigenvalue weighted by Crippen LogP contribution is -2.41. The standard InChI is InChI=1S/C23H30N6O2S/c1-13-17(14(2)29-22(26-13)24-12-25-29)7-9-20(30)27-28-21(31)19-11-15-10-16(23(3,4)5)6-8-18(15)32-19/h11-12,16H,6-10H2,1-5H3,(H,27,30)(H,28,31). The van der Waals surface area contributed by atoms with Crippen LogP contribution in [0.2, 0.25) is 0 Å². The van der Waals surface area contributed by atoms with Crippen molar-refractivity contribution in [1.82, 2.24) is 30.4 Å². The molecule has 170 valence electrons. The van der Waals surface area contributed by atoms with Gasteiger partial charge in [-0.3, -0.25) is 20.4 Å². The molecule has 1 aliphatic carbocycles. The van der Waals surface area contributed by atoms with Crippen LogP contribution in [-0.2, 0) is 24.1 Å². The van der Waals surface area contributed by atoms with Crippen molar-refractivity contribution in [1.29, 1.82) is 0 Å². The highest BCUT2D eigenvalue weighted by molar-refractivity contribution is 7.14. The second-order valence-corrected chi connectivity index (χ2v) is 10.7. The van der Waals surface area contributed by atoms with E-state index < -0.39 is 0 Å². The predicted octanol–water partition coefficient (Wildman–Crippen LogP) is 3.35. The first-order chi connectivity index (χ1) is 15.1. The summed E-state index contributed by atoms with van der Waals surface area (Å²) in [5.41, 5.74) is 9.37. The molecule has 0 aromatic carbocycles. The zero-order chi connectivity index (χ0) is 23.0. The summed E-state index contributed by atoms with van der Waals surface area (Å²) in [5.74, 6) is 0.666. The van der Waals surface area contributed by atoms with Gasteiger partial charge in [-0.2, -0.15) is 10.1 Å². The van der Waals surface area contributed by atoms with Gasteiger partial charge >= 0.3 is 0 Å². The van der Waals surface area contributed by atoms with Gasteiger partial charge in [-0.15, -0.1) is 11.3 Å². The maximum Gasteiger partial charge on any atom is 0.279 e. The van der Waals surface area contributed by atoms with Crippen LogP contribution in [0.15, 0.2) is 12.4 Å². The minimum absolute atomic E-state index is 0.234. The summed E-state index contributed by atoms with van der Waals surface area (Å²) in [5, 5.41) is 4.17. The molecule has 0 saturated heterocycles. The second-order valence-electron chi connectivity index (χ2n) is 9.60. The molecule has 0 aliphatic heterocycles. The fourth-order valence-corrected chi connectivity index (χ4v) is 5.48. The van der Waals surface area contributed by atoms with Crippen molar-refractivity contribution < 1.29 is 9.59 Å². The number of hydrogen-bond donors (Lipinski definition) is 2. The maximum atomic E-state index is 12.6. The predicted molar refractivity (Wildman–Crippen MR) is 123 cm³/mol. The number of hydrogen-bond acceptors (Lipinski definition) is 6. The number of aromatic nitrogens is 4. The summed E-state index contributed by atoms with van der Waals surface area (Å²) >= 11 is 1.54. The molecule has 0 spiro atoms. The Morgan fingerprint density at radius 3 is 2.78 bits per heavy atom. The number of carbonyl (C=O) groups is 2. The number of fused-ring (bicyclic) bond motifs is 2. The minimum Gasteiger partial charge on any atom is -0.273 e. The first-order valence-electron chi connectivity index (χ1n) is 11.0. The topological polar surface area (TPSA) is 101 Å². The van der Waals surface area contributed by atoms with E-state index in [0.717, 1.165) is 36.2 Å². The first-order valence-corrected chi connectivity index (χ1v) is 11.8. The van der Waals surface area contributed by atoms with Gasteiger partial charge in [0, 0.05) is 22.7 Å². The molecular weight excluding hydrogens is 424 g/mol. The van der Waals surface area contributed by atoms with Crippen molar-refractivity contribution in [2.45, 2.75) is 66.7 Å². The number of nitrogens with zero attached hydrogens (tertiary/aromatic N) is 4. The van der Waals surface area contributed by atoms with Gasteiger partial charge in [0.05, 0.1) is 4.88 Å². The number of thiophene rings is 1. The van der Waals surface area contributed by atoms with Gasteiger partial charge < -0.3 is 0 Å². The summed E-state index contributed by atoms with van der Waals surface area (Å²) in [7, 11) is 0. The maximum absolute atomic E-state index is 12.6. The van der Waals surface area contributed by atoms with Crippen molar-refractivity contribution >= 4 is 28.9 Å². The van der Waals surface area contributed by atoms with Gasteiger partial charge in [0.25, 0.3) is 11.7 Å². The van der Waals surface area contributed by atoms with Crippen molar-refractivity contribution in [3.8, 4) is 0 Å². The molecule has 3 aromatic heterocycles. The van der Waals surface area contributed by atoms with Crippen LogP contribution in [0, 0.1) is 25.2 Å². The Labute approximate surface area is 191 Å². The van der Waals surface area contributed by atoms with E-state index in [4.69, 9.17) is 0 Å². The van der Waals surface area contributed by atoms with E-state index in [2.05, 4.69) is 46.7 Å². The number of amides is 2. The van der Waals surface area contributed by atoms with Crippen molar-refractivity contribution in [3.63, 3.8) is 0 Å². The van der Waals surface area contributed by atoms with Crippen LogP contribution in [0.3, 0.4) is 0 Å². The number of hydrazine groups is 1. The summed E-state index contributed by atoms with van der Waals surface area (Å²) in [4.78, 5) is 35.4. The molecule has 1 aliphatic rings. The monoisotopic (exact) mass is 454 g/mol. The Morgan fingerprint density at radius 1 is 1.25 bits per heavy atom. The zero-order valence-corrected chi connectivity index (χ0v) is 20.1. The zero-order valence-electron chi connectivity index (χ0n) is 19.3. The normalized spacial score (nSPS) is 16.1. The van der Waals surface area contributed by atoms with Crippen molar-refractivity contribution in [2.75, 3.05) is 0 Å². The Balaban J connectivity index is 1.32. The quantitative estimate of drug-likeness (QED) is 0.589. The third-order valence-corrected chi connectivity index (χ3v) is 7.67.